The lowest BCUT2D eigenvalue weighted by Gasteiger charge is -2.11. The van der Waals surface area contributed by atoms with E-state index >= 15 is 0 Å². The molecule has 4 aromatic rings. The van der Waals surface area contributed by atoms with Gasteiger partial charge in [0.25, 0.3) is 0 Å². The van der Waals surface area contributed by atoms with E-state index in [0.717, 1.165) is 23.5 Å². The molecule has 8 nitrogen and oxygen atoms in total. The van der Waals surface area contributed by atoms with Crippen LogP contribution in [0.15, 0.2) is 61.1 Å². The predicted molar refractivity (Wildman–Crippen MR) is 106 cm³/mol. The minimum absolute atomic E-state index is 0.219. The number of aromatic carboxylic acids is 1. The molecule has 0 aliphatic carbocycles. The molecule has 8 heteroatoms. The van der Waals surface area contributed by atoms with Crippen LogP contribution in [0.2, 0.25) is 0 Å². The molecule has 0 atom stereocenters. The Bertz CT molecular complexity index is 1220. The number of nitrogens with zero attached hydrogens (tertiary/aromatic N) is 3. The molecule has 0 spiro atoms. The van der Waals surface area contributed by atoms with Gasteiger partial charge in [0, 0.05) is 36.4 Å². The summed E-state index contributed by atoms with van der Waals surface area (Å²) < 4.78 is 1.87. The number of imidazole rings is 1. The van der Waals surface area contributed by atoms with Crippen LogP contribution in [0, 0.1) is 0 Å². The van der Waals surface area contributed by atoms with Crippen molar-refractivity contribution in [2.75, 3.05) is 10.7 Å². The molecule has 5 rings (SSSR count). The van der Waals surface area contributed by atoms with E-state index in [1.807, 2.05) is 41.1 Å². The van der Waals surface area contributed by atoms with Gasteiger partial charge in [-0.3, -0.25) is 0 Å². The number of carbonyl (C=O) groups is 1. The van der Waals surface area contributed by atoms with Crippen molar-refractivity contribution in [3.05, 3.63) is 72.2 Å². The standard InChI is InChI=1S/C20H16N6O2/c27-20(28)13-3-1-2-12(8-13)17-11-26-7-6-21-19(26)18(24-17)23-15-5-4-14-10-22-25-16(14)9-15/h1-9,11,22,25H,10H2,(H,23,24)(H,27,28). The first-order valence-corrected chi connectivity index (χ1v) is 8.74. The number of nitrogens with one attached hydrogen (secondary N) is 3. The van der Waals surface area contributed by atoms with E-state index in [1.165, 1.54) is 5.56 Å². The Morgan fingerprint density at radius 3 is 3.04 bits per heavy atom. The van der Waals surface area contributed by atoms with Gasteiger partial charge in [0.2, 0.25) is 0 Å². The van der Waals surface area contributed by atoms with Crippen molar-refractivity contribution in [2.45, 2.75) is 6.54 Å². The minimum atomic E-state index is -0.969. The fourth-order valence-corrected chi connectivity index (χ4v) is 3.26. The minimum Gasteiger partial charge on any atom is -0.478 e. The first kappa shape index (κ1) is 16.3. The number of aromatic nitrogens is 3. The van der Waals surface area contributed by atoms with Crippen LogP contribution in [0.3, 0.4) is 0 Å². The molecule has 0 amide bonds. The number of benzene rings is 2. The van der Waals surface area contributed by atoms with Gasteiger partial charge < -0.3 is 20.2 Å². The second-order valence-electron chi connectivity index (χ2n) is 6.49. The second-order valence-corrected chi connectivity index (χ2v) is 6.49. The first-order chi connectivity index (χ1) is 13.7. The van der Waals surface area contributed by atoms with E-state index < -0.39 is 5.97 Å². The number of carboxylic acid groups (broad SMARTS) is 1. The quantitative estimate of drug-likeness (QED) is 0.436. The van der Waals surface area contributed by atoms with E-state index in [-0.39, 0.29) is 5.56 Å². The summed E-state index contributed by atoms with van der Waals surface area (Å²) in [5.41, 5.74) is 11.6. The summed E-state index contributed by atoms with van der Waals surface area (Å²) in [6.07, 6.45) is 5.37. The van der Waals surface area contributed by atoms with Crippen LogP contribution in [0.5, 0.6) is 0 Å². The average Bonchev–Trinajstić information content (AvgIpc) is 3.36. The molecule has 0 saturated heterocycles. The molecule has 0 bridgehead atoms. The third kappa shape index (κ3) is 2.81. The number of rotatable bonds is 4. The predicted octanol–water partition coefficient (Wildman–Crippen LogP) is 3.27. The third-order valence-electron chi connectivity index (χ3n) is 4.65. The molecule has 0 radical (unpaired) electrons. The summed E-state index contributed by atoms with van der Waals surface area (Å²) in [4.78, 5) is 20.4. The molecule has 1 aliphatic heterocycles. The van der Waals surface area contributed by atoms with Crippen molar-refractivity contribution < 1.29 is 9.90 Å². The molecule has 3 heterocycles. The van der Waals surface area contributed by atoms with Crippen LogP contribution in [0.25, 0.3) is 16.9 Å². The highest BCUT2D eigenvalue weighted by molar-refractivity contribution is 5.89. The second kappa shape index (κ2) is 6.36. The van der Waals surface area contributed by atoms with Crippen LogP contribution >= 0.6 is 0 Å². The number of anilines is 3. The Labute approximate surface area is 159 Å². The maximum atomic E-state index is 11.3. The van der Waals surface area contributed by atoms with Gasteiger partial charge in [-0.25, -0.2) is 20.2 Å². The summed E-state index contributed by atoms with van der Waals surface area (Å²) in [6, 6.07) is 12.8. The summed E-state index contributed by atoms with van der Waals surface area (Å²) in [6.45, 7) is 0.785. The van der Waals surface area contributed by atoms with Gasteiger partial charge in [-0.1, -0.05) is 18.2 Å². The first-order valence-electron chi connectivity index (χ1n) is 8.74. The molecular weight excluding hydrogens is 356 g/mol. The SMILES string of the molecule is O=C(O)c1cccc(-c2cn3ccnc3c(Nc3ccc4c(c3)NNC4)n2)c1. The Morgan fingerprint density at radius 2 is 2.14 bits per heavy atom. The van der Waals surface area contributed by atoms with E-state index in [4.69, 9.17) is 4.98 Å². The smallest absolute Gasteiger partial charge is 0.335 e. The molecule has 0 unspecified atom stereocenters. The monoisotopic (exact) mass is 372 g/mol. The lowest BCUT2D eigenvalue weighted by molar-refractivity contribution is 0.0697. The Kier molecular flexibility index (Phi) is 3.70. The fourth-order valence-electron chi connectivity index (χ4n) is 3.26. The van der Waals surface area contributed by atoms with Crippen LogP contribution in [-0.4, -0.2) is 25.4 Å². The van der Waals surface area contributed by atoms with E-state index in [0.29, 0.717) is 17.2 Å². The highest BCUT2D eigenvalue weighted by Crippen LogP contribution is 2.28. The fraction of sp³-hybridized carbons (Fsp3) is 0.0500. The number of hydrazine groups is 1. The van der Waals surface area contributed by atoms with Crippen LogP contribution in [-0.2, 0) is 6.54 Å². The van der Waals surface area contributed by atoms with Gasteiger partial charge in [-0.05, 0) is 29.8 Å². The van der Waals surface area contributed by atoms with Crippen molar-refractivity contribution in [3.63, 3.8) is 0 Å². The normalized spacial score (nSPS) is 12.6. The molecule has 28 heavy (non-hydrogen) atoms. The topological polar surface area (TPSA) is 104 Å². The molecule has 2 aromatic heterocycles. The zero-order valence-electron chi connectivity index (χ0n) is 14.7. The Morgan fingerprint density at radius 1 is 1.21 bits per heavy atom. The number of fused-ring (bicyclic) bond motifs is 2. The van der Waals surface area contributed by atoms with Gasteiger partial charge in [0.15, 0.2) is 11.5 Å². The lowest BCUT2D eigenvalue weighted by atomic mass is 10.1. The number of hydrogen-bond acceptors (Lipinski definition) is 6. The van der Waals surface area contributed by atoms with Crippen molar-refractivity contribution in [1.82, 2.24) is 19.8 Å². The Hall–Kier alpha value is -3.91. The highest BCUT2D eigenvalue weighted by atomic mass is 16.4. The van der Waals surface area contributed by atoms with Gasteiger partial charge >= 0.3 is 5.97 Å². The maximum absolute atomic E-state index is 11.3. The van der Waals surface area contributed by atoms with Crippen molar-refractivity contribution in [1.29, 1.82) is 0 Å². The maximum Gasteiger partial charge on any atom is 0.335 e. The van der Waals surface area contributed by atoms with Gasteiger partial charge in [-0.15, -0.1) is 0 Å². The molecule has 4 N–H and O–H groups in total. The largest absolute Gasteiger partial charge is 0.478 e. The van der Waals surface area contributed by atoms with Gasteiger partial charge in [-0.2, -0.15) is 0 Å². The van der Waals surface area contributed by atoms with Crippen molar-refractivity contribution >= 4 is 28.8 Å². The van der Waals surface area contributed by atoms with Crippen molar-refractivity contribution in [3.8, 4) is 11.3 Å². The van der Waals surface area contributed by atoms with Crippen LogP contribution in [0.4, 0.5) is 17.2 Å². The third-order valence-corrected chi connectivity index (χ3v) is 4.65. The van der Waals surface area contributed by atoms with E-state index in [1.54, 1.807) is 24.4 Å². The summed E-state index contributed by atoms with van der Waals surface area (Å²) in [5.74, 6) is -0.378. The van der Waals surface area contributed by atoms with Crippen LogP contribution < -0.4 is 16.2 Å². The van der Waals surface area contributed by atoms with E-state index in [2.05, 4.69) is 21.2 Å². The summed E-state index contributed by atoms with van der Waals surface area (Å²) in [7, 11) is 0. The van der Waals surface area contributed by atoms with Gasteiger partial charge in [0.05, 0.1) is 16.9 Å². The van der Waals surface area contributed by atoms with E-state index in [9.17, 15) is 9.90 Å². The lowest BCUT2D eigenvalue weighted by Crippen LogP contribution is -2.10. The average molecular weight is 372 g/mol. The molecule has 2 aromatic carbocycles. The number of hydrogen-bond donors (Lipinski definition) is 4. The van der Waals surface area contributed by atoms with Crippen molar-refractivity contribution in [2.24, 2.45) is 0 Å². The summed E-state index contributed by atoms with van der Waals surface area (Å²) >= 11 is 0. The Balaban J connectivity index is 1.58. The molecule has 0 saturated carbocycles. The highest BCUT2D eigenvalue weighted by Gasteiger charge is 2.13. The number of carboxylic acids is 1. The zero-order chi connectivity index (χ0) is 19.1. The molecule has 0 fully saturated rings. The zero-order valence-corrected chi connectivity index (χ0v) is 14.7. The van der Waals surface area contributed by atoms with Gasteiger partial charge in [0.1, 0.15) is 0 Å². The summed E-state index contributed by atoms with van der Waals surface area (Å²) in [5, 5.41) is 12.6. The molecular formula is C20H16N6O2. The molecule has 1 aliphatic rings. The van der Waals surface area contributed by atoms with Crippen LogP contribution in [0.1, 0.15) is 15.9 Å². The molecule has 138 valence electrons.